The summed E-state index contributed by atoms with van der Waals surface area (Å²) in [6, 6.07) is 14.5. The monoisotopic (exact) mass is 339 g/mol. The van der Waals surface area contributed by atoms with Crippen molar-refractivity contribution in [1.82, 2.24) is 4.90 Å². The van der Waals surface area contributed by atoms with Crippen LogP contribution in [0, 0.1) is 0 Å². The van der Waals surface area contributed by atoms with Gasteiger partial charge in [-0.05, 0) is 37.1 Å². The summed E-state index contributed by atoms with van der Waals surface area (Å²) in [5, 5.41) is 9.57. The first-order chi connectivity index (χ1) is 12.0. The van der Waals surface area contributed by atoms with Gasteiger partial charge >= 0.3 is 5.97 Å². The van der Waals surface area contributed by atoms with Crippen molar-refractivity contribution in [3.8, 4) is 5.75 Å². The maximum Gasteiger partial charge on any atom is 0.312 e. The summed E-state index contributed by atoms with van der Waals surface area (Å²) in [5.74, 6) is -1.33. The van der Waals surface area contributed by atoms with Gasteiger partial charge in [0.25, 0.3) is 5.91 Å². The Morgan fingerprint density at radius 3 is 2.52 bits per heavy atom. The summed E-state index contributed by atoms with van der Waals surface area (Å²) in [5.41, 5.74) is 2.11. The molecule has 1 unspecified atom stereocenters. The van der Waals surface area contributed by atoms with Crippen molar-refractivity contribution < 1.29 is 19.4 Å². The maximum atomic E-state index is 13.0. The molecule has 1 amide bonds. The van der Waals surface area contributed by atoms with Crippen LogP contribution < -0.4 is 4.74 Å². The molecule has 0 fully saturated rings. The minimum atomic E-state index is -0.920. The Bertz CT molecular complexity index is 800. The van der Waals surface area contributed by atoms with Crippen LogP contribution in [0.15, 0.2) is 48.5 Å². The van der Waals surface area contributed by atoms with Crippen molar-refractivity contribution in [3.05, 3.63) is 65.2 Å². The number of fused-ring (bicyclic) bond motifs is 1. The Morgan fingerprint density at radius 2 is 1.80 bits per heavy atom. The van der Waals surface area contributed by atoms with Crippen LogP contribution in [0.4, 0.5) is 0 Å². The first-order valence-corrected chi connectivity index (χ1v) is 8.33. The number of carbonyl (C=O) groups is 2. The molecular formula is C20H21NO4. The van der Waals surface area contributed by atoms with Gasteiger partial charge in [0, 0.05) is 13.1 Å². The second-order valence-corrected chi connectivity index (χ2v) is 6.44. The van der Waals surface area contributed by atoms with E-state index in [1.54, 1.807) is 23.1 Å². The van der Waals surface area contributed by atoms with Gasteiger partial charge in [0.2, 0.25) is 0 Å². The van der Waals surface area contributed by atoms with Crippen LogP contribution in [0.3, 0.4) is 0 Å². The first-order valence-electron chi connectivity index (χ1n) is 8.33. The van der Waals surface area contributed by atoms with E-state index >= 15 is 0 Å². The predicted molar refractivity (Wildman–Crippen MR) is 93.8 cm³/mol. The van der Waals surface area contributed by atoms with Crippen LogP contribution in [-0.2, 0) is 11.3 Å². The summed E-state index contributed by atoms with van der Waals surface area (Å²) in [4.78, 5) is 26.3. The summed E-state index contributed by atoms with van der Waals surface area (Å²) >= 11 is 0. The molecule has 2 aromatic carbocycles. The summed E-state index contributed by atoms with van der Waals surface area (Å²) in [6.07, 6.45) is -0.0530. The molecule has 130 valence electrons. The van der Waals surface area contributed by atoms with Crippen molar-refractivity contribution in [3.63, 3.8) is 0 Å². The third kappa shape index (κ3) is 3.50. The van der Waals surface area contributed by atoms with Gasteiger partial charge in [0.15, 0.2) is 0 Å². The van der Waals surface area contributed by atoms with Crippen LogP contribution in [0.1, 0.15) is 41.3 Å². The van der Waals surface area contributed by atoms with Gasteiger partial charge in [-0.15, -0.1) is 0 Å². The van der Waals surface area contributed by atoms with Crippen LogP contribution in [0.2, 0.25) is 0 Å². The van der Waals surface area contributed by atoms with Gasteiger partial charge in [-0.25, -0.2) is 0 Å². The zero-order chi connectivity index (χ0) is 18.0. The Morgan fingerprint density at radius 1 is 1.12 bits per heavy atom. The largest absolute Gasteiger partial charge is 0.490 e. The molecule has 0 aliphatic carbocycles. The molecule has 0 bridgehead atoms. The molecule has 1 N–H and O–H groups in total. The van der Waals surface area contributed by atoms with E-state index in [1.165, 1.54) is 0 Å². The van der Waals surface area contributed by atoms with Crippen LogP contribution in [0.5, 0.6) is 5.75 Å². The van der Waals surface area contributed by atoms with Crippen molar-refractivity contribution in [1.29, 1.82) is 0 Å². The average Bonchev–Trinajstić information content (AvgIpc) is 2.60. The fourth-order valence-corrected chi connectivity index (χ4v) is 3.14. The standard InChI is InChI=1S/C20H21NO4/c1-13(2)25-18-10-6-5-9-16(18)19(22)21-11-14-7-3-4-8-15(14)17(12-21)20(23)24/h3-10,13,17H,11-12H2,1-2H3,(H,23,24). The summed E-state index contributed by atoms with van der Waals surface area (Å²) in [6.45, 7) is 4.35. The number of hydrogen-bond donors (Lipinski definition) is 1. The number of carboxylic acid groups (broad SMARTS) is 1. The Labute approximate surface area is 146 Å². The second kappa shape index (κ2) is 6.97. The van der Waals surface area contributed by atoms with Gasteiger partial charge < -0.3 is 14.7 Å². The number of para-hydroxylation sites is 1. The molecule has 0 radical (unpaired) electrons. The van der Waals surface area contributed by atoms with E-state index in [4.69, 9.17) is 4.74 Å². The minimum absolute atomic E-state index is 0.0530. The molecular weight excluding hydrogens is 318 g/mol. The zero-order valence-corrected chi connectivity index (χ0v) is 14.3. The molecule has 0 saturated carbocycles. The predicted octanol–water partition coefficient (Wildman–Crippen LogP) is 3.30. The van der Waals surface area contributed by atoms with E-state index in [0.29, 0.717) is 17.9 Å². The smallest absolute Gasteiger partial charge is 0.312 e. The van der Waals surface area contributed by atoms with Gasteiger partial charge in [-0.1, -0.05) is 36.4 Å². The number of nitrogens with zero attached hydrogens (tertiary/aromatic N) is 1. The second-order valence-electron chi connectivity index (χ2n) is 6.44. The molecule has 1 atom stereocenters. The highest BCUT2D eigenvalue weighted by Crippen LogP contribution is 2.31. The number of carbonyl (C=O) groups excluding carboxylic acids is 1. The fourth-order valence-electron chi connectivity index (χ4n) is 3.14. The molecule has 2 aromatic rings. The minimum Gasteiger partial charge on any atom is -0.490 e. The molecule has 0 spiro atoms. The van der Waals surface area contributed by atoms with Crippen LogP contribution in [-0.4, -0.2) is 34.5 Å². The molecule has 1 aliphatic rings. The van der Waals surface area contributed by atoms with E-state index in [-0.39, 0.29) is 18.6 Å². The number of hydrogen-bond acceptors (Lipinski definition) is 3. The van der Waals surface area contributed by atoms with E-state index in [0.717, 1.165) is 11.1 Å². The van der Waals surface area contributed by atoms with Crippen molar-refractivity contribution in [2.75, 3.05) is 6.54 Å². The number of amides is 1. The first kappa shape index (κ1) is 17.0. The zero-order valence-electron chi connectivity index (χ0n) is 14.3. The lowest BCUT2D eigenvalue weighted by atomic mass is 9.89. The highest BCUT2D eigenvalue weighted by Gasteiger charge is 2.33. The lowest BCUT2D eigenvalue weighted by Gasteiger charge is -2.33. The number of carboxylic acids is 1. The topological polar surface area (TPSA) is 66.8 Å². The van der Waals surface area contributed by atoms with Crippen molar-refractivity contribution in [2.24, 2.45) is 0 Å². The third-order valence-electron chi connectivity index (χ3n) is 4.26. The normalized spacial score (nSPS) is 16.4. The molecule has 1 heterocycles. The number of ether oxygens (including phenoxy) is 1. The van der Waals surface area contributed by atoms with Crippen molar-refractivity contribution in [2.45, 2.75) is 32.4 Å². The quantitative estimate of drug-likeness (QED) is 0.928. The Hall–Kier alpha value is -2.82. The Kier molecular flexibility index (Phi) is 4.74. The van der Waals surface area contributed by atoms with E-state index in [1.807, 2.05) is 44.2 Å². The Balaban J connectivity index is 1.93. The molecule has 0 saturated heterocycles. The molecule has 5 nitrogen and oxygen atoms in total. The highest BCUT2D eigenvalue weighted by atomic mass is 16.5. The molecule has 3 rings (SSSR count). The molecule has 25 heavy (non-hydrogen) atoms. The van der Waals surface area contributed by atoms with Crippen LogP contribution in [0.25, 0.3) is 0 Å². The summed E-state index contributed by atoms with van der Waals surface area (Å²) in [7, 11) is 0. The third-order valence-corrected chi connectivity index (χ3v) is 4.26. The van der Waals surface area contributed by atoms with E-state index in [2.05, 4.69) is 0 Å². The van der Waals surface area contributed by atoms with Gasteiger partial charge in [0.1, 0.15) is 5.75 Å². The molecule has 0 aromatic heterocycles. The van der Waals surface area contributed by atoms with E-state index in [9.17, 15) is 14.7 Å². The number of aliphatic carboxylic acids is 1. The van der Waals surface area contributed by atoms with E-state index < -0.39 is 11.9 Å². The maximum absolute atomic E-state index is 13.0. The van der Waals surface area contributed by atoms with Gasteiger partial charge in [-0.2, -0.15) is 0 Å². The number of benzene rings is 2. The van der Waals surface area contributed by atoms with Gasteiger partial charge in [-0.3, -0.25) is 9.59 Å². The fraction of sp³-hybridized carbons (Fsp3) is 0.300. The lowest BCUT2D eigenvalue weighted by molar-refractivity contribution is -0.139. The number of rotatable bonds is 4. The highest BCUT2D eigenvalue weighted by molar-refractivity contribution is 5.97. The van der Waals surface area contributed by atoms with Crippen LogP contribution >= 0.6 is 0 Å². The summed E-state index contributed by atoms with van der Waals surface area (Å²) < 4.78 is 5.74. The molecule has 1 aliphatic heterocycles. The van der Waals surface area contributed by atoms with Crippen molar-refractivity contribution >= 4 is 11.9 Å². The molecule has 5 heteroatoms. The lowest BCUT2D eigenvalue weighted by Crippen LogP contribution is -2.40. The SMILES string of the molecule is CC(C)Oc1ccccc1C(=O)N1Cc2ccccc2C(C(=O)O)C1. The average molecular weight is 339 g/mol. The van der Waals surface area contributed by atoms with Gasteiger partial charge in [0.05, 0.1) is 17.6 Å².